The van der Waals surface area contributed by atoms with Gasteiger partial charge in [0.15, 0.2) is 0 Å². The molecule has 100 valence electrons. The van der Waals surface area contributed by atoms with E-state index >= 15 is 0 Å². The minimum Gasteiger partial charge on any atom is -0.497 e. The maximum atomic E-state index is 6.03. The highest BCUT2D eigenvalue weighted by molar-refractivity contribution is 9.09. The van der Waals surface area contributed by atoms with Crippen molar-refractivity contribution in [1.29, 1.82) is 0 Å². The average molecular weight is 360 g/mol. The van der Waals surface area contributed by atoms with Gasteiger partial charge in [-0.05, 0) is 41.8 Å². The van der Waals surface area contributed by atoms with Gasteiger partial charge in [0.2, 0.25) is 0 Å². The van der Waals surface area contributed by atoms with Crippen LogP contribution in [0, 0.1) is 0 Å². The smallest absolute Gasteiger partial charge is 0.118 e. The molecule has 0 aliphatic carbocycles. The molecule has 0 amide bonds. The summed E-state index contributed by atoms with van der Waals surface area (Å²) in [6, 6.07) is 13.7. The molecule has 1 unspecified atom stereocenters. The molecule has 0 N–H and O–H groups in total. The second-order valence-electron chi connectivity index (χ2n) is 4.19. The van der Waals surface area contributed by atoms with E-state index in [-0.39, 0.29) is 4.83 Å². The summed E-state index contributed by atoms with van der Waals surface area (Å²) in [5, 5.41) is 1.16. The largest absolute Gasteiger partial charge is 0.497 e. The summed E-state index contributed by atoms with van der Waals surface area (Å²) < 4.78 is 5.14. The van der Waals surface area contributed by atoms with E-state index in [4.69, 9.17) is 27.9 Å². The predicted molar refractivity (Wildman–Crippen MR) is 84.8 cm³/mol. The topological polar surface area (TPSA) is 9.23 Å². The highest BCUT2D eigenvalue weighted by Crippen LogP contribution is 2.32. The number of ether oxygens (including phenoxy) is 1. The molecule has 0 bridgehead atoms. The molecule has 2 aromatic carbocycles. The first kappa shape index (κ1) is 14.7. The van der Waals surface area contributed by atoms with Gasteiger partial charge >= 0.3 is 0 Å². The fourth-order valence-corrected chi connectivity index (χ4v) is 2.76. The van der Waals surface area contributed by atoms with Crippen molar-refractivity contribution >= 4 is 39.1 Å². The fourth-order valence-electron chi connectivity index (χ4n) is 1.79. The van der Waals surface area contributed by atoms with Crippen LogP contribution in [-0.2, 0) is 6.42 Å². The summed E-state index contributed by atoms with van der Waals surface area (Å²) in [6.07, 6.45) is 0.877. The van der Waals surface area contributed by atoms with Crippen LogP contribution in [0.1, 0.15) is 16.0 Å². The molecule has 0 aliphatic rings. The number of hydrogen-bond donors (Lipinski definition) is 0. The molecule has 2 aromatic rings. The van der Waals surface area contributed by atoms with Crippen LogP contribution in [0.3, 0.4) is 0 Å². The highest BCUT2D eigenvalue weighted by atomic mass is 79.9. The molecule has 0 heterocycles. The Balaban J connectivity index is 2.10. The van der Waals surface area contributed by atoms with Crippen molar-refractivity contribution in [3.05, 3.63) is 63.6 Å². The monoisotopic (exact) mass is 358 g/mol. The summed E-state index contributed by atoms with van der Waals surface area (Å²) >= 11 is 15.6. The van der Waals surface area contributed by atoms with Crippen molar-refractivity contribution in [2.45, 2.75) is 11.2 Å². The number of methoxy groups -OCH3 is 1. The van der Waals surface area contributed by atoms with Crippen LogP contribution < -0.4 is 4.74 Å². The van der Waals surface area contributed by atoms with Crippen LogP contribution in [0.5, 0.6) is 5.75 Å². The molecule has 0 fully saturated rings. The summed E-state index contributed by atoms with van der Waals surface area (Å²) in [6.45, 7) is 0. The SMILES string of the molecule is COc1ccc(CC(Br)c2ccc(Cl)c(Cl)c2)cc1. The van der Waals surface area contributed by atoms with E-state index in [1.54, 1.807) is 7.11 Å². The quantitative estimate of drug-likeness (QED) is 0.638. The van der Waals surface area contributed by atoms with Crippen molar-refractivity contribution in [2.75, 3.05) is 7.11 Å². The van der Waals surface area contributed by atoms with Crippen molar-refractivity contribution in [1.82, 2.24) is 0 Å². The van der Waals surface area contributed by atoms with Gasteiger partial charge in [-0.3, -0.25) is 0 Å². The van der Waals surface area contributed by atoms with Crippen LogP contribution in [0.2, 0.25) is 10.0 Å². The molecule has 19 heavy (non-hydrogen) atoms. The Hall–Kier alpha value is -0.700. The van der Waals surface area contributed by atoms with E-state index in [1.807, 2.05) is 30.3 Å². The summed E-state index contributed by atoms with van der Waals surface area (Å²) in [7, 11) is 1.66. The Kier molecular flexibility index (Phi) is 5.14. The van der Waals surface area contributed by atoms with Crippen LogP contribution in [0.15, 0.2) is 42.5 Å². The van der Waals surface area contributed by atoms with E-state index in [0.717, 1.165) is 17.7 Å². The summed E-state index contributed by atoms with van der Waals surface area (Å²) in [4.78, 5) is 0.204. The standard InChI is InChI=1S/C15H13BrCl2O/c1-19-12-5-2-10(3-6-12)8-13(16)11-4-7-14(17)15(18)9-11/h2-7,9,13H,8H2,1H3. The molecule has 4 heteroatoms. The first-order valence-electron chi connectivity index (χ1n) is 5.82. The lowest BCUT2D eigenvalue weighted by Crippen LogP contribution is -1.95. The number of benzene rings is 2. The normalized spacial score (nSPS) is 12.2. The maximum absolute atomic E-state index is 6.03. The van der Waals surface area contributed by atoms with E-state index in [1.165, 1.54) is 5.56 Å². The van der Waals surface area contributed by atoms with Gasteiger partial charge < -0.3 is 4.74 Å². The Bertz CT molecular complexity index is 555. The Morgan fingerprint density at radius 2 is 1.74 bits per heavy atom. The molecule has 0 saturated heterocycles. The van der Waals surface area contributed by atoms with Gasteiger partial charge in [-0.25, -0.2) is 0 Å². The average Bonchev–Trinajstić information content (AvgIpc) is 2.42. The molecular formula is C15H13BrCl2O. The zero-order valence-corrected chi connectivity index (χ0v) is 13.5. The third-order valence-corrected chi connectivity index (χ3v) is 4.47. The Labute approximate surface area is 131 Å². The van der Waals surface area contributed by atoms with E-state index < -0.39 is 0 Å². The Morgan fingerprint density at radius 3 is 2.32 bits per heavy atom. The Morgan fingerprint density at radius 1 is 1.05 bits per heavy atom. The van der Waals surface area contributed by atoms with Crippen molar-refractivity contribution in [3.63, 3.8) is 0 Å². The van der Waals surface area contributed by atoms with Crippen LogP contribution in [0.4, 0.5) is 0 Å². The zero-order chi connectivity index (χ0) is 13.8. The first-order valence-corrected chi connectivity index (χ1v) is 7.49. The molecule has 0 spiro atoms. The minimum atomic E-state index is 0.204. The van der Waals surface area contributed by atoms with Crippen molar-refractivity contribution in [2.24, 2.45) is 0 Å². The highest BCUT2D eigenvalue weighted by Gasteiger charge is 2.10. The molecule has 0 radical (unpaired) electrons. The second kappa shape index (κ2) is 6.65. The van der Waals surface area contributed by atoms with Gasteiger partial charge in [0, 0.05) is 4.83 Å². The van der Waals surface area contributed by atoms with Crippen molar-refractivity contribution < 1.29 is 4.74 Å². The summed E-state index contributed by atoms with van der Waals surface area (Å²) in [5.74, 6) is 0.865. The lowest BCUT2D eigenvalue weighted by molar-refractivity contribution is 0.414. The maximum Gasteiger partial charge on any atom is 0.118 e. The summed E-state index contributed by atoms with van der Waals surface area (Å²) in [5.41, 5.74) is 2.35. The first-order chi connectivity index (χ1) is 9.10. The van der Waals surface area contributed by atoms with Gasteiger partial charge in [0.05, 0.1) is 17.2 Å². The molecule has 2 rings (SSSR count). The van der Waals surface area contributed by atoms with Gasteiger partial charge in [-0.1, -0.05) is 57.3 Å². The molecule has 0 saturated carbocycles. The number of halogens is 3. The number of hydrogen-bond acceptors (Lipinski definition) is 1. The van der Waals surface area contributed by atoms with Crippen LogP contribution in [0.25, 0.3) is 0 Å². The predicted octanol–water partition coefficient (Wildman–Crippen LogP) is 5.68. The molecule has 0 aliphatic heterocycles. The van der Waals surface area contributed by atoms with E-state index in [9.17, 15) is 0 Å². The molecule has 1 nitrogen and oxygen atoms in total. The van der Waals surface area contributed by atoms with Crippen LogP contribution >= 0.6 is 39.1 Å². The van der Waals surface area contributed by atoms with Gasteiger partial charge in [0.25, 0.3) is 0 Å². The van der Waals surface area contributed by atoms with Crippen molar-refractivity contribution in [3.8, 4) is 5.75 Å². The third kappa shape index (κ3) is 3.88. The third-order valence-electron chi connectivity index (χ3n) is 2.88. The number of rotatable bonds is 4. The second-order valence-corrected chi connectivity index (χ2v) is 6.11. The number of alkyl halides is 1. The van der Waals surface area contributed by atoms with E-state index in [2.05, 4.69) is 28.1 Å². The lowest BCUT2D eigenvalue weighted by atomic mass is 10.0. The molecule has 1 atom stereocenters. The molecule has 0 aromatic heterocycles. The van der Waals surface area contributed by atoms with Gasteiger partial charge in [-0.15, -0.1) is 0 Å². The zero-order valence-electron chi connectivity index (χ0n) is 10.4. The minimum absolute atomic E-state index is 0.204. The van der Waals surface area contributed by atoms with E-state index in [0.29, 0.717) is 10.0 Å². The lowest BCUT2D eigenvalue weighted by Gasteiger charge is -2.11. The van der Waals surface area contributed by atoms with Gasteiger partial charge in [0.1, 0.15) is 5.75 Å². The van der Waals surface area contributed by atoms with Crippen LogP contribution in [-0.4, -0.2) is 7.11 Å². The van der Waals surface area contributed by atoms with Gasteiger partial charge in [-0.2, -0.15) is 0 Å². The molecular weight excluding hydrogens is 347 g/mol. The fraction of sp³-hybridized carbons (Fsp3) is 0.200.